The van der Waals surface area contributed by atoms with Crippen molar-refractivity contribution < 1.29 is 8.42 Å². The van der Waals surface area contributed by atoms with Crippen LogP contribution >= 0.6 is 11.3 Å². The van der Waals surface area contributed by atoms with Gasteiger partial charge in [0, 0.05) is 18.0 Å². The van der Waals surface area contributed by atoms with Crippen LogP contribution in [0.25, 0.3) is 0 Å². The molecule has 2 heterocycles. The quantitative estimate of drug-likeness (QED) is 0.894. The summed E-state index contributed by atoms with van der Waals surface area (Å²) < 4.78 is 27.3. The Morgan fingerprint density at radius 3 is 2.83 bits per heavy atom. The summed E-state index contributed by atoms with van der Waals surface area (Å²) in [5, 5.41) is 0. The van der Waals surface area contributed by atoms with E-state index in [1.165, 1.54) is 11.3 Å². The van der Waals surface area contributed by atoms with Crippen LogP contribution in [0.2, 0.25) is 0 Å². The first-order chi connectivity index (χ1) is 8.51. The maximum absolute atomic E-state index is 12.1. The van der Waals surface area contributed by atoms with Crippen molar-refractivity contribution in [2.45, 2.75) is 24.0 Å². The van der Waals surface area contributed by atoms with Crippen molar-refractivity contribution in [3.63, 3.8) is 0 Å². The van der Waals surface area contributed by atoms with Crippen LogP contribution in [-0.4, -0.2) is 40.0 Å². The number of nitrogens with zero attached hydrogens (tertiary/aromatic N) is 1. The van der Waals surface area contributed by atoms with Crippen LogP contribution in [-0.2, 0) is 16.4 Å². The second-order valence-electron chi connectivity index (χ2n) is 4.84. The summed E-state index contributed by atoms with van der Waals surface area (Å²) in [5.41, 5.74) is 0. The van der Waals surface area contributed by atoms with E-state index in [0.717, 1.165) is 30.8 Å². The molecular weight excluding hydrogens is 268 g/mol. The zero-order valence-corrected chi connectivity index (χ0v) is 12.5. The molecule has 18 heavy (non-hydrogen) atoms. The third-order valence-corrected chi connectivity index (χ3v) is 6.45. The smallest absolute Gasteiger partial charge is 0.250 e. The van der Waals surface area contributed by atoms with Gasteiger partial charge in [0.25, 0.3) is 0 Å². The molecule has 6 heteroatoms. The molecule has 0 radical (unpaired) electrons. The van der Waals surface area contributed by atoms with Gasteiger partial charge in [0.05, 0.1) is 0 Å². The number of aryl methyl sites for hydroxylation is 1. The standard InChI is InChI=1S/C12H20N2O2S2/c1-3-11-4-5-12(17-11)18(15,16)13-8-10-6-7-14(2)9-10/h4-5,10,13H,3,6-9H2,1-2H3. The normalized spacial score (nSPS) is 21.6. The van der Waals surface area contributed by atoms with Gasteiger partial charge in [0.2, 0.25) is 10.0 Å². The molecule has 1 unspecified atom stereocenters. The SMILES string of the molecule is CCc1ccc(S(=O)(=O)NCC2CCN(C)C2)s1. The predicted octanol–water partition coefficient (Wildman–Crippen LogP) is 1.54. The van der Waals surface area contributed by atoms with E-state index in [1.807, 2.05) is 13.0 Å². The minimum absolute atomic E-state index is 0.436. The molecular formula is C12H20N2O2S2. The number of thiophene rings is 1. The van der Waals surface area contributed by atoms with Crippen LogP contribution in [0.5, 0.6) is 0 Å². The Bertz CT molecular complexity index is 496. The Morgan fingerprint density at radius 2 is 2.28 bits per heavy atom. The molecule has 0 saturated carbocycles. The van der Waals surface area contributed by atoms with E-state index in [4.69, 9.17) is 0 Å². The summed E-state index contributed by atoms with van der Waals surface area (Å²) in [4.78, 5) is 3.34. The average Bonchev–Trinajstić information content (AvgIpc) is 2.95. The van der Waals surface area contributed by atoms with Crippen LogP contribution < -0.4 is 4.72 Å². The molecule has 1 aromatic rings. The Kier molecular flexibility index (Phi) is 4.42. The lowest BCUT2D eigenvalue weighted by Crippen LogP contribution is -2.30. The van der Waals surface area contributed by atoms with Gasteiger partial charge in [0.1, 0.15) is 4.21 Å². The largest absolute Gasteiger partial charge is 0.306 e. The van der Waals surface area contributed by atoms with E-state index >= 15 is 0 Å². The summed E-state index contributed by atoms with van der Waals surface area (Å²) in [6.07, 6.45) is 1.96. The molecule has 0 amide bonds. The molecule has 0 bridgehead atoms. The molecule has 0 aromatic carbocycles. The lowest BCUT2D eigenvalue weighted by Gasteiger charge is -2.11. The highest BCUT2D eigenvalue weighted by molar-refractivity contribution is 7.91. The van der Waals surface area contributed by atoms with Gasteiger partial charge in [-0.3, -0.25) is 0 Å². The molecule has 4 nitrogen and oxygen atoms in total. The first-order valence-corrected chi connectivity index (χ1v) is 8.58. The predicted molar refractivity (Wildman–Crippen MR) is 74.5 cm³/mol. The topological polar surface area (TPSA) is 49.4 Å². The van der Waals surface area contributed by atoms with Gasteiger partial charge in [-0.25, -0.2) is 13.1 Å². The number of hydrogen-bond donors (Lipinski definition) is 1. The van der Waals surface area contributed by atoms with Crippen LogP contribution in [0, 0.1) is 5.92 Å². The van der Waals surface area contributed by atoms with E-state index < -0.39 is 10.0 Å². The zero-order chi connectivity index (χ0) is 13.2. The molecule has 1 saturated heterocycles. The van der Waals surface area contributed by atoms with Crippen LogP contribution in [0.1, 0.15) is 18.2 Å². The number of nitrogens with one attached hydrogen (secondary N) is 1. The van der Waals surface area contributed by atoms with E-state index in [-0.39, 0.29) is 0 Å². The fraction of sp³-hybridized carbons (Fsp3) is 0.667. The average molecular weight is 288 g/mol. The van der Waals surface area contributed by atoms with Gasteiger partial charge in [0.15, 0.2) is 0 Å². The Hall–Kier alpha value is -0.430. The maximum Gasteiger partial charge on any atom is 0.250 e. The van der Waals surface area contributed by atoms with E-state index in [9.17, 15) is 8.42 Å². The fourth-order valence-corrected chi connectivity index (χ4v) is 4.64. The third-order valence-electron chi connectivity index (χ3n) is 3.30. The molecule has 0 spiro atoms. The molecule has 2 rings (SSSR count). The number of sulfonamides is 1. The molecule has 102 valence electrons. The van der Waals surface area contributed by atoms with Crippen molar-refractivity contribution in [3.8, 4) is 0 Å². The van der Waals surface area contributed by atoms with Crippen molar-refractivity contribution in [1.82, 2.24) is 9.62 Å². The van der Waals surface area contributed by atoms with Gasteiger partial charge in [-0.1, -0.05) is 6.92 Å². The van der Waals surface area contributed by atoms with Crippen molar-refractivity contribution >= 4 is 21.4 Å². The second kappa shape index (κ2) is 5.69. The van der Waals surface area contributed by atoms with E-state index in [0.29, 0.717) is 16.7 Å². The molecule has 0 aliphatic carbocycles. The van der Waals surface area contributed by atoms with Crippen molar-refractivity contribution in [2.75, 3.05) is 26.7 Å². The molecule has 1 fully saturated rings. The maximum atomic E-state index is 12.1. The molecule has 1 aliphatic heterocycles. The van der Waals surface area contributed by atoms with Gasteiger partial charge < -0.3 is 4.90 Å². The van der Waals surface area contributed by atoms with Crippen LogP contribution in [0.15, 0.2) is 16.3 Å². The van der Waals surface area contributed by atoms with Crippen LogP contribution in [0.3, 0.4) is 0 Å². The summed E-state index contributed by atoms with van der Waals surface area (Å²) in [7, 11) is -1.23. The summed E-state index contributed by atoms with van der Waals surface area (Å²) in [6, 6.07) is 3.59. The summed E-state index contributed by atoms with van der Waals surface area (Å²) in [5.74, 6) is 0.440. The lowest BCUT2D eigenvalue weighted by atomic mass is 10.1. The van der Waals surface area contributed by atoms with Crippen molar-refractivity contribution in [1.29, 1.82) is 0 Å². The first-order valence-electron chi connectivity index (χ1n) is 6.28. The van der Waals surface area contributed by atoms with E-state index in [1.54, 1.807) is 6.07 Å². The highest BCUT2D eigenvalue weighted by atomic mass is 32.2. The highest BCUT2D eigenvalue weighted by Crippen LogP contribution is 2.22. The first kappa shape index (κ1) is 14.0. The Labute approximate surface area is 113 Å². The molecule has 1 aromatic heterocycles. The minimum atomic E-state index is -3.30. The zero-order valence-electron chi connectivity index (χ0n) is 10.8. The summed E-state index contributed by atoms with van der Waals surface area (Å²) in [6.45, 7) is 4.62. The molecule has 1 atom stereocenters. The highest BCUT2D eigenvalue weighted by Gasteiger charge is 2.23. The van der Waals surface area contributed by atoms with Gasteiger partial charge in [-0.2, -0.15) is 0 Å². The third kappa shape index (κ3) is 3.32. The Balaban J connectivity index is 1.95. The number of hydrogen-bond acceptors (Lipinski definition) is 4. The van der Waals surface area contributed by atoms with Crippen molar-refractivity contribution in [3.05, 3.63) is 17.0 Å². The lowest BCUT2D eigenvalue weighted by molar-refractivity contribution is 0.394. The molecule has 1 aliphatic rings. The fourth-order valence-electron chi connectivity index (χ4n) is 2.18. The Morgan fingerprint density at radius 1 is 1.50 bits per heavy atom. The minimum Gasteiger partial charge on any atom is -0.306 e. The second-order valence-corrected chi connectivity index (χ2v) is 8.01. The number of rotatable bonds is 5. The van der Waals surface area contributed by atoms with Gasteiger partial charge in [-0.15, -0.1) is 11.3 Å². The van der Waals surface area contributed by atoms with Gasteiger partial charge >= 0.3 is 0 Å². The number of likely N-dealkylation sites (tertiary alicyclic amines) is 1. The van der Waals surface area contributed by atoms with Gasteiger partial charge in [-0.05, 0) is 44.5 Å². The summed E-state index contributed by atoms with van der Waals surface area (Å²) >= 11 is 1.36. The molecule has 1 N–H and O–H groups in total. The van der Waals surface area contributed by atoms with E-state index in [2.05, 4.69) is 16.7 Å². The van der Waals surface area contributed by atoms with Crippen LogP contribution in [0.4, 0.5) is 0 Å². The monoisotopic (exact) mass is 288 g/mol. The van der Waals surface area contributed by atoms with Crippen molar-refractivity contribution in [2.24, 2.45) is 5.92 Å².